The van der Waals surface area contributed by atoms with Crippen LogP contribution in [0.1, 0.15) is 11.1 Å². The lowest BCUT2D eigenvalue weighted by Gasteiger charge is -2.10. The Morgan fingerprint density at radius 1 is 1.30 bits per heavy atom. The van der Waals surface area contributed by atoms with E-state index in [-0.39, 0.29) is 12.5 Å². The second-order valence-electron chi connectivity index (χ2n) is 4.84. The molecule has 118 valence electrons. The van der Waals surface area contributed by atoms with Gasteiger partial charge in [0.15, 0.2) is 0 Å². The summed E-state index contributed by atoms with van der Waals surface area (Å²) in [4.78, 5) is 11.5. The highest BCUT2D eigenvalue weighted by atomic mass is 35.5. The third kappa shape index (κ3) is 4.99. The second-order valence-corrected chi connectivity index (χ2v) is 5.27. The Bertz CT molecular complexity index is 741. The Hall–Kier alpha value is -2.55. The van der Waals surface area contributed by atoms with E-state index in [1.165, 1.54) is 7.11 Å². The zero-order valence-electron chi connectivity index (χ0n) is 12.6. The van der Waals surface area contributed by atoms with E-state index >= 15 is 0 Å². The first-order chi connectivity index (χ1) is 11.1. The molecule has 0 aliphatic rings. The molecule has 2 aromatic carbocycles. The molecule has 1 amide bonds. The van der Waals surface area contributed by atoms with Gasteiger partial charge in [0.05, 0.1) is 11.3 Å². The lowest BCUT2D eigenvalue weighted by atomic mass is 10.1. The average molecular weight is 330 g/mol. The number of carbonyl (C=O) groups is 1. The van der Waals surface area contributed by atoms with E-state index in [1.54, 1.807) is 24.3 Å². The van der Waals surface area contributed by atoms with Crippen LogP contribution in [-0.4, -0.2) is 19.6 Å². The number of anilines is 2. The molecule has 0 aliphatic heterocycles. The van der Waals surface area contributed by atoms with Crippen molar-refractivity contribution in [2.45, 2.75) is 6.54 Å². The molecule has 2 N–H and O–H groups in total. The quantitative estimate of drug-likeness (QED) is 0.851. The number of nitrogens with one attached hydrogen (secondary N) is 2. The number of nitrogens with zero attached hydrogens (tertiary/aromatic N) is 1. The fraction of sp³-hybridized carbons (Fsp3) is 0.176. The van der Waals surface area contributed by atoms with Crippen molar-refractivity contribution in [2.75, 3.05) is 24.4 Å². The van der Waals surface area contributed by atoms with Gasteiger partial charge in [-0.1, -0.05) is 23.7 Å². The lowest BCUT2D eigenvalue weighted by molar-refractivity contribution is -0.119. The average Bonchev–Trinajstić information content (AvgIpc) is 2.53. The van der Waals surface area contributed by atoms with Crippen LogP contribution < -0.4 is 10.6 Å². The smallest absolute Gasteiger partial charge is 0.250 e. The predicted octanol–water partition coefficient (Wildman–Crippen LogP) is 3.41. The second kappa shape index (κ2) is 8.18. The van der Waals surface area contributed by atoms with Gasteiger partial charge in [0.1, 0.15) is 12.7 Å². The first kappa shape index (κ1) is 16.8. The van der Waals surface area contributed by atoms with Crippen molar-refractivity contribution in [1.29, 1.82) is 5.26 Å². The molecule has 0 aromatic heterocycles. The molecule has 5 nitrogen and oxygen atoms in total. The number of ether oxygens (including phenoxy) is 1. The van der Waals surface area contributed by atoms with Crippen molar-refractivity contribution < 1.29 is 9.53 Å². The summed E-state index contributed by atoms with van der Waals surface area (Å²) in [6, 6.07) is 14.6. The van der Waals surface area contributed by atoms with Crippen LogP contribution in [0.25, 0.3) is 0 Å². The molecule has 0 unspecified atom stereocenters. The van der Waals surface area contributed by atoms with Gasteiger partial charge in [-0.05, 0) is 35.9 Å². The Balaban J connectivity index is 2.05. The lowest BCUT2D eigenvalue weighted by Crippen LogP contribution is -2.17. The molecule has 0 fully saturated rings. The van der Waals surface area contributed by atoms with Crippen LogP contribution in [0.4, 0.5) is 11.4 Å². The highest BCUT2D eigenvalue weighted by molar-refractivity contribution is 6.30. The summed E-state index contributed by atoms with van der Waals surface area (Å²) in [5.41, 5.74) is 2.86. The van der Waals surface area contributed by atoms with Gasteiger partial charge < -0.3 is 15.4 Å². The van der Waals surface area contributed by atoms with Gasteiger partial charge in [-0.25, -0.2) is 0 Å². The van der Waals surface area contributed by atoms with Crippen LogP contribution >= 0.6 is 11.6 Å². The summed E-state index contributed by atoms with van der Waals surface area (Å²) >= 11 is 5.96. The number of nitriles is 1. The van der Waals surface area contributed by atoms with Crippen LogP contribution in [0.5, 0.6) is 0 Å². The van der Waals surface area contributed by atoms with Gasteiger partial charge in [0.2, 0.25) is 5.91 Å². The van der Waals surface area contributed by atoms with Crippen molar-refractivity contribution in [3.05, 3.63) is 58.6 Å². The van der Waals surface area contributed by atoms with E-state index in [9.17, 15) is 4.79 Å². The Labute approximate surface area is 139 Å². The Morgan fingerprint density at radius 2 is 2.13 bits per heavy atom. The third-order valence-electron chi connectivity index (χ3n) is 3.07. The molecule has 0 bridgehead atoms. The predicted molar refractivity (Wildman–Crippen MR) is 90.4 cm³/mol. The van der Waals surface area contributed by atoms with Gasteiger partial charge in [-0.3, -0.25) is 4.79 Å². The maximum Gasteiger partial charge on any atom is 0.250 e. The Kier molecular flexibility index (Phi) is 5.98. The molecule has 0 saturated carbocycles. The number of methoxy groups -OCH3 is 1. The molecule has 6 heteroatoms. The number of carbonyl (C=O) groups excluding carboxylic acids is 1. The standard InChI is InChI=1S/C17H16ClN3O2/c1-23-11-17(22)21-15-4-2-3-12(7-15)10-20-16-8-14(18)6-5-13(16)9-19/h2-8,20H,10-11H2,1H3,(H,21,22). The third-order valence-corrected chi connectivity index (χ3v) is 3.31. The normalized spacial score (nSPS) is 9.96. The van der Waals surface area contributed by atoms with Gasteiger partial charge in [0.25, 0.3) is 0 Å². The fourth-order valence-corrected chi connectivity index (χ4v) is 2.22. The summed E-state index contributed by atoms with van der Waals surface area (Å²) in [5.74, 6) is -0.209. The SMILES string of the molecule is COCC(=O)Nc1cccc(CNc2cc(Cl)ccc2C#N)c1. The minimum atomic E-state index is -0.209. The summed E-state index contributed by atoms with van der Waals surface area (Å²) in [6.45, 7) is 0.513. The number of benzene rings is 2. The topological polar surface area (TPSA) is 74.2 Å². The van der Waals surface area contributed by atoms with Gasteiger partial charge in [-0.15, -0.1) is 0 Å². The zero-order valence-corrected chi connectivity index (χ0v) is 13.4. The summed E-state index contributed by atoms with van der Waals surface area (Å²) < 4.78 is 4.78. The molecular formula is C17H16ClN3O2. The molecule has 0 atom stereocenters. The minimum absolute atomic E-state index is 0.0104. The van der Waals surface area contributed by atoms with Crippen LogP contribution in [0.2, 0.25) is 5.02 Å². The van der Waals surface area contributed by atoms with E-state index in [0.29, 0.717) is 28.5 Å². The van der Waals surface area contributed by atoms with Crippen molar-refractivity contribution in [3.8, 4) is 6.07 Å². The number of hydrogen-bond acceptors (Lipinski definition) is 4. The van der Waals surface area contributed by atoms with Crippen LogP contribution in [-0.2, 0) is 16.1 Å². The van der Waals surface area contributed by atoms with Crippen LogP contribution in [0, 0.1) is 11.3 Å². The zero-order chi connectivity index (χ0) is 16.7. The van der Waals surface area contributed by atoms with E-state index in [1.807, 2.05) is 18.2 Å². The molecule has 2 rings (SSSR count). The van der Waals surface area contributed by atoms with Crippen LogP contribution in [0.3, 0.4) is 0 Å². The van der Waals surface area contributed by atoms with Gasteiger partial charge >= 0.3 is 0 Å². The number of hydrogen-bond donors (Lipinski definition) is 2. The van der Waals surface area contributed by atoms with E-state index in [2.05, 4.69) is 16.7 Å². The Morgan fingerprint density at radius 3 is 2.87 bits per heavy atom. The van der Waals surface area contributed by atoms with Crippen LogP contribution in [0.15, 0.2) is 42.5 Å². The molecule has 2 aromatic rings. The van der Waals surface area contributed by atoms with Crippen molar-refractivity contribution >= 4 is 28.9 Å². The van der Waals surface area contributed by atoms with Gasteiger partial charge in [0, 0.05) is 24.4 Å². The first-order valence-electron chi connectivity index (χ1n) is 6.93. The molecule has 0 spiro atoms. The highest BCUT2D eigenvalue weighted by Gasteiger charge is 2.05. The summed E-state index contributed by atoms with van der Waals surface area (Å²) in [5, 5.41) is 15.6. The molecule has 0 aliphatic carbocycles. The first-order valence-corrected chi connectivity index (χ1v) is 7.31. The van der Waals surface area contributed by atoms with E-state index < -0.39 is 0 Å². The monoisotopic (exact) mass is 329 g/mol. The van der Waals surface area contributed by atoms with Crippen molar-refractivity contribution in [2.24, 2.45) is 0 Å². The van der Waals surface area contributed by atoms with Crippen molar-refractivity contribution in [3.63, 3.8) is 0 Å². The van der Waals surface area contributed by atoms with E-state index in [4.69, 9.17) is 21.6 Å². The summed E-state index contributed by atoms with van der Waals surface area (Å²) in [7, 11) is 1.47. The molecule has 0 saturated heterocycles. The largest absolute Gasteiger partial charge is 0.380 e. The highest BCUT2D eigenvalue weighted by Crippen LogP contribution is 2.21. The molecule has 0 radical (unpaired) electrons. The summed E-state index contributed by atoms with van der Waals surface area (Å²) in [6.07, 6.45) is 0. The maximum atomic E-state index is 11.5. The molecule has 23 heavy (non-hydrogen) atoms. The number of rotatable bonds is 6. The van der Waals surface area contributed by atoms with Crippen molar-refractivity contribution in [1.82, 2.24) is 0 Å². The number of halogens is 1. The number of amides is 1. The van der Waals surface area contributed by atoms with E-state index in [0.717, 1.165) is 5.56 Å². The van der Waals surface area contributed by atoms with Gasteiger partial charge in [-0.2, -0.15) is 5.26 Å². The molecule has 0 heterocycles. The molecular weight excluding hydrogens is 314 g/mol. The minimum Gasteiger partial charge on any atom is -0.380 e. The fourth-order valence-electron chi connectivity index (χ4n) is 2.04. The maximum absolute atomic E-state index is 11.5.